The first-order valence-electron chi connectivity index (χ1n) is 7.14. The van der Waals surface area contributed by atoms with Crippen molar-refractivity contribution in [2.45, 2.75) is 25.4 Å². The molecule has 3 rings (SSSR count). The molecule has 1 aromatic heterocycles. The quantitative estimate of drug-likeness (QED) is 0.887. The minimum absolute atomic E-state index is 0.108. The van der Waals surface area contributed by atoms with Crippen molar-refractivity contribution in [1.29, 1.82) is 0 Å². The van der Waals surface area contributed by atoms with Gasteiger partial charge in [0.05, 0.1) is 11.7 Å². The van der Waals surface area contributed by atoms with E-state index in [9.17, 15) is 9.59 Å². The Morgan fingerprint density at radius 2 is 2.27 bits per heavy atom. The Balaban J connectivity index is 1.61. The number of amides is 3. The molecule has 116 valence electrons. The maximum atomic E-state index is 12.2. The molecule has 0 unspecified atom stereocenters. The van der Waals surface area contributed by atoms with Crippen LogP contribution in [0.3, 0.4) is 0 Å². The van der Waals surface area contributed by atoms with Gasteiger partial charge in [-0.15, -0.1) is 0 Å². The van der Waals surface area contributed by atoms with Crippen LogP contribution in [0.15, 0.2) is 18.2 Å². The summed E-state index contributed by atoms with van der Waals surface area (Å²) in [5.74, 6) is -0.108. The van der Waals surface area contributed by atoms with Gasteiger partial charge in [-0.05, 0) is 30.5 Å². The van der Waals surface area contributed by atoms with Gasteiger partial charge in [0, 0.05) is 20.1 Å². The summed E-state index contributed by atoms with van der Waals surface area (Å²) in [6.07, 6.45) is 1.57. The molecule has 1 atom stereocenters. The summed E-state index contributed by atoms with van der Waals surface area (Å²) in [5, 5.41) is 5.53. The lowest BCUT2D eigenvalue weighted by molar-refractivity contribution is -0.124. The number of carbonyl (C=O) groups is 2. The van der Waals surface area contributed by atoms with Gasteiger partial charge in [-0.3, -0.25) is 4.79 Å². The number of carbonyl (C=O) groups excluding carboxylic acids is 2. The highest BCUT2D eigenvalue weighted by Crippen LogP contribution is 2.15. The van der Waals surface area contributed by atoms with Gasteiger partial charge in [-0.25, -0.2) is 4.79 Å². The molecule has 1 aromatic carbocycles. The number of urea groups is 1. The Labute approximate surface area is 132 Å². The zero-order chi connectivity index (χ0) is 15.5. The van der Waals surface area contributed by atoms with Gasteiger partial charge >= 0.3 is 6.03 Å². The normalized spacial score (nSPS) is 18.0. The van der Waals surface area contributed by atoms with Crippen LogP contribution in [0.5, 0.6) is 0 Å². The fourth-order valence-electron chi connectivity index (χ4n) is 2.44. The van der Waals surface area contributed by atoms with Gasteiger partial charge in [0.1, 0.15) is 17.1 Å². The predicted octanol–water partition coefficient (Wildman–Crippen LogP) is 1.11. The Kier molecular flexibility index (Phi) is 4.19. The van der Waals surface area contributed by atoms with Crippen LogP contribution >= 0.6 is 11.7 Å². The van der Waals surface area contributed by atoms with E-state index < -0.39 is 6.04 Å². The molecule has 0 aliphatic carbocycles. The van der Waals surface area contributed by atoms with Gasteiger partial charge in [-0.2, -0.15) is 8.75 Å². The topological polar surface area (TPSA) is 87.2 Å². The van der Waals surface area contributed by atoms with Gasteiger partial charge in [0.2, 0.25) is 5.91 Å². The first kappa shape index (κ1) is 14.7. The van der Waals surface area contributed by atoms with Crippen LogP contribution in [0.2, 0.25) is 0 Å². The standard InChI is InChI=1S/C14H17N5O2S/c1-19(14(21)16-11-3-2-6-15-13(11)20)8-9-4-5-10-12(7-9)18-22-17-10/h4-5,7,11H,2-3,6,8H2,1H3,(H,15,20)(H,16,21)/t11-/m1/s1. The lowest BCUT2D eigenvalue weighted by atomic mass is 10.1. The van der Waals surface area contributed by atoms with Gasteiger partial charge in [0.15, 0.2) is 0 Å². The van der Waals surface area contributed by atoms with E-state index >= 15 is 0 Å². The maximum Gasteiger partial charge on any atom is 0.318 e. The second-order valence-corrected chi connectivity index (χ2v) is 5.91. The Morgan fingerprint density at radius 1 is 1.45 bits per heavy atom. The predicted molar refractivity (Wildman–Crippen MR) is 83.4 cm³/mol. The van der Waals surface area contributed by atoms with Crippen LogP contribution in [-0.4, -0.2) is 45.2 Å². The summed E-state index contributed by atoms with van der Waals surface area (Å²) < 4.78 is 8.35. The van der Waals surface area contributed by atoms with Crippen molar-refractivity contribution in [2.75, 3.05) is 13.6 Å². The summed E-state index contributed by atoms with van der Waals surface area (Å²) in [6.45, 7) is 1.14. The smallest absolute Gasteiger partial charge is 0.318 e. The number of nitrogens with one attached hydrogen (secondary N) is 2. The second-order valence-electron chi connectivity index (χ2n) is 5.38. The molecule has 2 heterocycles. The van der Waals surface area contributed by atoms with Crippen LogP contribution in [0, 0.1) is 0 Å². The van der Waals surface area contributed by atoms with Crippen LogP contribution in [0.4, 0.5) is 4.79 Å². The molecule has 7 nitrogen and oxygen atoms in total. The van der Waals surface area contributed by atoms with Crippen molar-refractivity contribution in [3.63, 3.8) is 0 Å². The molecule has 0 bridgehead atoms. The zero-order valence-corrected chi connectivity index (χ0v) is 13.0. The molecule has 22 heavy (non-hydrogen) atoms. The average Bonchev–Trinajstić information content (AvgIpc) is 2.97. The number of hydrogen-bond donors (Lipinski definition) is 2. The van der Waals surface area contributed by atoms with Crippen molar-refractivity contribution >= 4 is 34.7 Å². The van der Waals surface area contributed by atoms with Crippen molar-refractivity contribution in [2.24, 2.45) is 0 Å². The summed E-state index contributed by atoms with van der Waals surface area (Å²) in [6, 6.07) is 5.07. The van der Waals surface area contributed by atoms with E-state index in [1.54, 1.807) is 11.9 Å². The van der Waals surface area contributed by atoms with Gasteiger partial charge < -0.3 is 15.5 Å². The van der Waals surface area contributed by atoms with E-state index in [2.05, 4.69) is 19.4 Å². The Morgan fingerprint density at radius 3 is 3.09 bits per heavy atom. The van der Waals surface area contributed by atoms with Crippen LogP contribution in [-0.2, 0) is 11.3 Å². The van der Waals surface area contributed by atoms with E-state index in [0.29, 0.717) is 19.5 Å². The number of aromatic nitrogens is 2. The summed E-state index contributed by atoms with van der Waals surface area (Å²) >= 11 is 1.17. The monoisotopic (exact) mass is 319 g/mol. The summed E-state index contributed by atoms with van der Waals surface area (Å²) in [4.78, 5) is 25.4. The van der Waals surface area contributed by atoms with E-state index in [-0.39, 0.29) is 11.9 Å². The van der Waals surface area contributed by atoms with Crippen LogP contribution in [0.25, 0.3) is 11.0 Å². The van der Waals surface area contributed by atoms with E-state index in [4.69, 9.17) is 0 Å². The molecule has 0 radical (unpaired) electrons. The minimum Gasteiger partial charge on any atom is -0.354 e. The highest BCUT2D eigenvalue weighted by molar-refractivity contribution is 7.00. The molecule has 1 aliphatic heterocycles. The number of hydrogen-bond acceptors (Lipinski definition) is 5. The summed E-state index contributed by atoms with van der Waals surface area (Å²) in [7, 11) is 1.71. The number of piperidine rings is 1. The molecule has 2 aromatic rings. The number of rotatable bonds is 3. The van der Waals surface area contributed by atoms with Gasteiger partial charge in [-0.1, -0.05) is 6.07 Å². The fraction of sp³-hybridized carbons (Fsp3) is 0.429. The van der Waals surface area contributed by atoms with Crippen molar-refractivity contribution in [3.8, 4) is 0 Å². The highest BCUT2D eigenvalue weighted by atomic mass is 32.1. The molecule has 0 spiro atoms. The number of nitrogens with zero attached hydrogens (tertiary/aromatic N) is 3. The van der Waals surface area contributed by atoms with Crippen molar-refractivity contribution in [1.82, 2.24) is 24.3 Å². The molecule has 0 saturated carbocycles. The molecule has 2 N–H and O–H groups in total. The molecular formula is C14H17N5O2S. The summed E-state index contributed by atoms with van der Waals surface area (Å²) in [5.41, 5.74) is 2.67. The Bertz CT molecular complexity index is 701. The first-order chi connectivity index (χ1) is 10.6. The van der Waals surface area contributed by atoms with Crippen LogP contribution < -0.4 is 10.6 Å². The molecule has 3 amide bonds. The first-order valence-corrected chi connectivity index (χ1v) is 7.87. The molecule has 1 fully saturated rings. The van der Waals surface area contributed by atoms with Gasteiger partial charge in [0.25, 0.3) is 0 Å². The van der Waals surface area contributed by atoms with E-state index in [1.165, 1.54) is 11.7 Å². The fourth-order valence-corrected chi connectivity index (χ4v) is 2.96. The lowest BCUT2D eigenvalue weighted by Crippen LogP contribution is -2.52. The van der Waals surface area contributed by atoms with Crippen molar-refractivity contribution in [3.05, 3.63) is 23.8 Å². The van der Waals surface area contributed by atoms with Crippen molar-refractivity contribution < 1.29 is 9.59 Å². The average molecular weight is 319 g/mol. The SMILES string of the molecule is CN(Cc1ccc2nsnc2c1)C(=O)N[C@@H]1CCCNC1=O. The molecule has 8 heteroatoms. The zero-order valence-electron chi connectivity index (χ0n) is 12.2. The third-order valence-electron chi connectivity index (χ3n) is 3.67. The van der Waals surface area contributed by atoms with Crippen LogP contribution in [0.1, 0.15) is 18.4 Å². The number of fused-ring (bicyclic) bond motifs is 1. The second kappa shape index (κ2) is 6.27. The Hall–Kier alpha value is -2.22. The number of benzene rings is 1. The maximum absolute atomic E-state index is 12.2. The third-order valence-corrected chi connectivity index (χ3v) is 4.22. The van der Waals surface area contributed by atoms with E-state index in [0.717, 1.165) is 23.0 Å². The largest absolute Gasteiger partial charge is 0.354 e. The molecular weight excluding hydrogens is 302 g/mol. The third kappa shape index (κ3) is 3.16. The molecule has 1 saturated heterocycles. The highest BCUT2D eigenvalue weighted by Gasteiger charge is 2.24. The lowest BCUT2D eigenvalue weighted by Gasteiger charge is -2.26. The molecule has 1 aliphatic rings. The van der Waals surface area contributed by atoms with E-state index in [1.807, 2.05) is 18.2 Å². The minimum atomic E-state index is -0.436.